The third-order valence-electron chi connectivity index (χ3n) is 5.30. The molecule has 9 heteroatoms. The summed E-state index contributed by atoms with van der Waals surface area (Å²) in [4.78, 5) is 36.0. The number of carbonyl (C=O) groups is 2. The van der Waals surface area contributed by atoms with Crippen LogP contribution in [0.4, 0.5) is 10.7 Å². The van der Waals surface area contributed by atoms with Gasteiger partial charge in [-0.25, -0.2) is 20.2 Å². The molecule has 3 aliphatic rings. The van der Waals surface area contributed by atoms with Crippen molar-refractivity contribution in [1.29, 1.82) is 0 Å². The molecule has 2 amide bonds. The van der Waals surface area contributed by atoms with Crippen LogP contribution in [-0.4, -0.2) is 63.4 Å². The molecule has 2 atom stereocenters. The molecule has 4 rings (SSSR count). The van der Waals surface area contributed by atoms with Crippen LogP contribution in [0.5, 0.6) is 0 Å². The summed E-state index contributed by atoms with van der Waals surface area (Å²) in [6.07, 6.45) is 7.74. The quantitative estimate of drug-likeness (QED) is 0.619. The van der Waals surface area contributed by atoms with Gasteiger partial charge in [0, 0.05) is 25.5 Å². The summed E-state index contributed by atoms with van der Waals surface area (Å²) in [6.45, 7) is 1.27. The number of carbonyl (C=O) groups excluding carboxylic acids is 2. The third kappa shape index (κ3) is 2.99. The lowest BCUT2D eigenvalue weighted by Crippen LogP contribution is -2.50. The molecule has 3 heterocycles. The van der Waals surface area contributed by atoms with E-state index in [-0.39, 0.29) is 29.8 Å². The number of fused-ring (bicyclic) bond motifs is 2. The van der Waals surface area contributed by atoms with E-state index in [4.69, 9.17) is 9.94 Å². The number of likely N-dealkylation sites (tertiary alicyclic amines) is 1. The Morgan fingerprint density at radius 3 is 2.48 bits per heavy atom. The summed E-state index contributed by atoms with van der Waals surface area (Å²) in [6, 6.07) is 0.279. The minimum Gasteiger partial charge on any atom is -0.446 e. The summed E-state index contributed by atoms with van der Waals surface area (Å²) in [7, 11) is 0. The standard InChI is InChI=1S/C16H21N5O4/c22-14(19-24)10-6-17-15(18-7-10)20-8-12-5-11(20)9-21(12)16(23)25-13-3-1-2-4-13/h6-7,11-13,24H,1-5,8-9H2,(H,19,22)/t11-,12+/m0/s1. The van der Waals surface area contributed by atoms with Crippen molar-refractivity contribution in [2.24, 2.45) is 0 Å². The highest BCUT2D eigenvalue weighted by atomic mass is 16.6. The smallest absolute Gasteiger partial charge is 0.410 e. The van der Waals surface area contributed by atoms with Gasteiger partial charge in [-0.15, -0.1) is 0 Å². The number of aromatic nitrogens is 2. The number of anilines is 1. The van der Waals surface area contributed by atoms with Crippen LogP contribution in [0.15, 0.2) is 12.4 Å². The summed E-state index contributed by atoms with van der Waals surface area (Å²) >= 11 is 0. The molecule has 25 heavy (non-hydrogen) atoms. The molecular weight excluding hydrogens is 326 g/mol. The Labute approximate surface area is 144 Å². The van der Waals surface area contributed by atoms with Crippen LogP contribution in [0.2, 0.25) is 0 Å². The monoisotopic (exact) mass is 347 g/mol. The van der Waals surface area contributed by atoms with Gasteiger partial charge in [0.25, 0.3) is 5.91 Å². The average Bonchev–Trinajstić information content (AvgIpc) is 3.37. The average molecular weight is 347 g/mol. The third-order valence-corrected chi connectivity index (χ3v) is 5.30. The lowest BCUT2D eigenvalue weighted by molar-refractivity contribution is 0.0603. The van der Waals surface area contributed by atoms with E-state index in [1.165, 1.54) is 12.4 Å². The first-order valence-electron chi connectivity index (χ1n) is 8.66. The summed E-state index contributed by atoms with van der Waals surface area (Å²) < 4.78 is 5.61. The molecular formula is C16H21N5O4. The lowest BCUT2D eigenvalue weighted by Gasteiger charge is -2.34. The molecule has 1 aromatic heterocycles. The SMILES string of the molecule is O=C(NO)c1cnc(N2C[C@H]3C[C@H]2CN3C(=O)OC2CCCC2)nc1. The van der Waals surface area contributed by atoms with Crippen LogP contribution in [0.3, 0.4) is 0 Å². The first-order chi connectivity index (χ1) is 12.2. The maximum atomic E-state index is 12.4. The Kier molecular flexibility index (Phi) is 4.16. The maximum absolute atomic E-state index is 12.4. The lowest BCUT2D eigenvalue weighted by atomic mass is 10.2. The van der Waals surface area contributed by atoms with Crippen LogP contribution in [0.25, 0.3) is 0 Å². The minimum atomic E-state index is -0.643. The predicted octanol–water partition coefficient (Wildman–Crippen LogP) is 0.938. The van der Waals surface area contributed by atoms with Crippen molar-refractivity contribution in [3.05, 3.63) is 18.0 Å². The molecule has 1 saturated carbocycles. The highest BCUT2D eigenvalue weighted by molar-refractivity contribution is 5.92. The fourth-order valence-electron chi connectivity index (χ4n) is 4.00. The number of ether oxygens (including phenoxy) is 1. The molecule has 2 bridgehead atoms. The van der Waals surface area contributed by atoms with Crippen molar-refractivity contribution < 1.29 is 19.5 Å². The van der Waals surface area contributed by atoms with Gasteiger partial charge < -0.3 is 14.5 Å². The van der Waals surface area contributed by atoms with Gasteiger partial charge in [-0.2, -0.15) is 0 Å². The molecule has 0 radical (unpaired) electrons. The van der Waals surface area contributed by atoms with Crippen LogP contribution in [0, 0.1) is 0 Å². The van der Waals surface area contributed by atoms with Gasteiger partial charge in [-0.1, -0.05) is 0 Å². The van der Waals surface area contributed by atoms with Crippen molar-refractivity contribution in [3.8, 4) is 0 Å². The normalized spacial score (nSPS) is 25.5. The van der Waals surface area contributed by atoms with Gasteiger partial charge in [0.05, 0.1) is 17.6 Å². The zero-order valence-corrected chi connectivity index (χ0v) is 13.8. The molecule has 1 aromatic rings. The number of hydroxylamine groups is 1. The number of hydrogen-bond donors (Lipinski definition) is 2. The fourth-order valence-corrected chi connectivity index (χ4v) is 4.00. The van der Waals surface area contributed by atoms with Crippen molar-refractivity contribution in [1.82, 2.24) is 20.3 Å². The topological polar surface area (TPSA) is 108 Å². The van der Waals surface area contributed by atoms with Gasteiger partial charge in [0.15, 0.2) is 0 Å². The summed E-state index contributed by atoms with van der Waals surface area (Å²) in [5.41, 5.74) is 1.75. The Hall–Kier alpha value is -2.42. The van der Waals surface area contributed by atoms with Gasteiger partial charge >= 0.3 is 6.09 Å². The van der Waals surface area contributed by atoms with Gasteiger partial charge in [-0.05, 0) is 32.1 Å². The molecule has 1 aliphatic carbocycles. The molecule has 3 fully saturated rings. The predicted molar refractivity (Wildman–Crippen MR) is 86.3 cm³/mol. The second-order valence-corrected chi connectivity index (χ2v) is 6.85. The van der Waals surface area contributed by atoms with Crippen LogP contribution < -0.4 is 10.4 Å². The summed E-state index contributed by atoms with van der Waals surface area (Å²) in [5.74, 6) is -0.110. The molecule has 0 aromatic carbocycles. The Morgan fingerprint density at radius 1 is 1.16 bits per heavy atom. The van der Waals surface area contributed by atoms with E-state index in [9.17, 15) is 9.59 Å². The van der Waals surface area contributed by atoms with Crippen molar-refractivity contribution in [2.75, 3.05) is 18.0 Å². The van der Waals surface area contributed by atoms with E-state index >= 15 is 0 Å². The maximum Gasteiger partial charge on any atom is 0.410 e. The van der Waals surface area contributed by atoms with E-state index in [0.29, 0.717) is 19.0 Å². The molecule has 2 aliphatic heterocycles. The number of amides is 2. The largest absolute Gasteiger partial charge is 0.446 e. The highest BCUT2D eigenvalue weighted by Crippen LogP contribution is 2.34. The van der Waals surface area contributed by atoms with Crippen LogP contribution >= 0.6 is 0 Å². The number of hydrogen-bond acceptors (Lipinski definition) is 7. The Bertz CT molecular complexity index is 661. The van der Waals surface area contributed by atoms with Gasteiger partial charge in [0.1, 0.15) is 6.10 Å². The first-order valence-corrected chi connectivity index (χ1v) is 8.66. The Balaban J connectivity index is 1.37. The van der Waals surface area contributed by atoms with E-state index in [2.05, 4.69) is 14.9 Å². The summed E-state index contributed by atoms with van der Waals surface area (Å²) in [5, 5.41) is 8.62. The highest BCUT2D eigenvalue weighted by Gasteiger charge is 2.47. The van der Waals surface area contributed by atoms with Crippen LogP contribution in [0.1, 0.15) is 42.5 Å². The fraction of sp³-hybridized carbons (Fsp3) is 0.625. The van der Waals surface area contributed by atoms with E-state index in [1.54, 1.807) is 5.48 Å². The number of rotatable bonds is 3. The van der Waals surface area contributed by atoms with Crippen LogP contribution in [-0.2, 0) is 4.74 Å². The zero-order valence-electron chi connectivity index (χ0n) is 13.8. The second kappa shape index (κ2) is 6.47. The van der Waals surface area contributed by atoms with Crippen molar-refractivity contribution >= 4 is 17.9 Å². The van der Waals surface area contributed by atoms with E-state index < -0.39 is 5.91 Å². The second-order valence-electron chi connectivity index (χ2n) is 6.85. The molecule has 2 saturated heterocycles. The van der Waals surface area contributed by atoms with Crippen molar-refractivity contribution in [2.45, 2.75) is 50.3 Å². The number of nitrogens with zero attached hydrogens (tertiary/aromatic N) is 4. The van der Waals surface area contributed by atoms with E-state index in [0.717, 1.165) is 32.1 Å². The molecule has 134 valence electrons. The molecule has 0 unspecified atom stereocenters. The minimum absolute atomic E-state index is 0.0799. The molecule has 9 nitrogen and oxygen atoms in total. The van der Waals surface area contributed by atoms with Gasteiger partial charge in [-0.3, -0.25) is 10.0 Å². The molecule has 0 spiro atoms. The molecule has 2 N–H and O–H groups in total. The number of nitrogens with one attached hydrogen (secondary N) is 1. The number of piperazine rings is 1. The van der Waals surface area contributed by atoms with E-state index in [1.807, 2.05) is 4.90 Å². The van der Waals surface area contributed by atoms with Gasteiger partial charge in [0.2, 0.25) is 5.95 Å². The Morgan fingerprint density at radius 2 is 1.88 bits per heavy atom. The zero-order chi connectivity index (χ0) is 17.4. The first kappa shape index (κ1) is 16.1. The van der Waals surface area contributed by atoms with Crippen molar-refractivity contribution in [3.63, 3.8) is 0 Å².